The summed E-state index contributed by atoms with van der Waals surface area (Å²) in [4.78, 5) is 0. The van der Waals surface area contributed by atoms with Crippen LogP contribution in [0.25, 0.3) is 0 Å². The van der Waals surface area contributed by atoms with E-state index in [2.05, 4.69) is 26.0 Å². The number of benzene rings is 1. The highest BCUT2D eigenvalue weighted by molar-refractivity contribution is 5.34. The molecule has 0 spiro atoms. The molecule has 2 unspecified atom stereocenters. The lowest BCUT2D eigenvalue weighted by molar-refractivity contribution is 0.207. The predicted molar refractivity (Wildman–Crippen MR) is 140 cm³/mol. The van der Waals surface area contributed by atoms with Crippen LogP contribution in [-0.4, -0.2) is 0 Å². The normalized spacial score (nSPS) is 32.1. The van der Waals surface area contributed by atoms with Crippen molar-refractivity contribution in [3.8, 4) is 0 Å². The first kappa shape index (κ1) is 25.9. The lowest BCUT2D eigenvalue weighted by atomic mass is 9.70. The van der Waals surface area contributed by atoms with Crippen LogP contribution in [0.5, 0.6) is 0 Å². The van der Waals surface area contributed by atoms with E-state index in [0.717, 1.165) is 56.3 Å². The molecule has 2 saturated carbocycles. The second kappa shape index (κ2) is 12.7. The predicted octanol–water partition coefficient (Wildman–Crippen LogP) is 10.5. The Balaban J connectivity index is 1.32. The van der Waals surface area contributed by atoms with Gasteiger partial charge in [-0.05, 0) is 92.1 Å². The molecule has 1 aromatic rings. The molecule has 0 saturated heterocycles. The summed E-state index contributed by atoms with van der Waals surface area (Å²) >= 11 is 0. The summed E-state index contributed by atoms with van der Waals surface area (Å²) in [6.45, 7) is 4.52. The van der Waals surface area contributed by atoms with Crippen LogP contribution in [0.2, 0.25) is 0 Å². The zero-order chi connectivity index (χ0) is 23.9. The first-order valence-corrected chi connectivity index (χ1v) is 14.8. The maximum atomic E-state index is 15.2. The maximum Gasteiger partial charge on any atom is 0.162 e. The van der Waals surface area contributed by atoms with Crippen molar-refractivity contribution in [2.24, 2.45) is 23.7 Å². The number of unbranched alkanes of at least 4 members (excludes halogenated alkanes) is 2. The lowest BCUT2D eigenvalue weighted by Gasteiger charge is -2.35. The van der Waals surface area contributed by atoms with Crippen LogP contribution in [0.15, 0.2) is 24.3 Å². The maximum absolute atomic E-state index is 15.2. The summed E-state index contributed by atoms with van der Waals surface area (Å²) in [6.07, 6.45) is 24.5. The first-order valence-electron chi connectivity index (χ1n) is 14.8. The molecular weight excluding hydrogens is 422 g/mol. The largest absolute Gasteiger partial charge is 0.203 e. The summed E-state index contributed by atoms with van der Waals surface area (Å²) in [5.41, 5.74) is 1.21. The smallest absolute Gasteiger partial charge is 0.162 e. The van der Waals surface area contributed by atoms with Gasteiger partial charge in [0.25, 0.3) is 0 Å². The van der Waals surface area contributed by atoms with Crippen molar-refractivity contribution >= 4 is 0 Å². The molecule has 1 aromatic carbocycles. The van der Waals surface area contributed by atoms with Crippen molar-refractivity contribution in [3.63, 3.8) is 0 Å². The van der Waals surface area contributed by atoms with Crippen LogP contribution < -0.4 is 0 Å². The molecule has 0 aromatic heterocycles. The zero-order valence-corrected chi connectivity index (χ0v) is 21.8. The van der Waals surface area contributed by atoms with Crippen molar-refractivity contribution in [2.45, 2.75) is 128 Å². The van der Waals surface area contributed by atoms with Gasteiger partial charge in [-0.2, -0.15) is 0 Å². The van der Waals surface area contributed by atoms with E-state index in [-0.39, 0.29) is 11.8 Å². The van der Waals surface area contributed by atoms with E-state index in [1.807, 2.05) is 12.1 Å². The Labute approximate surface area is 208 Å². The summed E-state index contributed by atoms with van der Waals surface area (Å²) in [5, 5.41) is 0. The van der Waals surface area contributed by atoms with Gasteiger partial charge in [-0.25, -0.2) is 8.78 Å². The van der Waals surface area contributed by atoms with Crippen molar-refractivity contribution in [2.75, 3.05) is 0 Å². The monoisotopic (exact) mass is 470 g/mol. The van der Waals surface area contributed by atoms with Crippen LogP contribution in [0.1, 0.15) is 140 Å². The third-order valence-corrected chi connectivity index (χ3v) is 9.64. The quantitative estimate of drug-likeness (QED) is 0.249. The molecule has 0 nitrogen and oxygen atoms in total. The van der Waals surface area contributed by atoms with Crippen LogP contribution in [-0.2, 0) is 0 Å². The van der Waals surface area contributed by atoms with Gasteiger partial charge in [-0.15, -0.1) is 0 Å². The number of hydrogen-bond donors (Lipinski definition) is 0. The fourth-order valence-corrected chi connectivity index (χ4v) is 7.43. The fourth-order valence-electron chi connectivity index (χ4n) is 7.43. The molecule has 4 rings (SSSR count). The van der Waals surface area contributed by atoms with Gasteiger partial charge in [0.05, 0.1) is 0 Å². The van der Waals surface area contributed by atoms with E-state index >= 15 is 8.78 Å². The minimum Gasteiger partial charge on any atom is -0.203 e. The molecule has 3 aliphatic carbocycles. The molecular formula is C32H48F2. The average molecular weight is 471 g/mol. The fraction of sp³-hybridized carbons (Fsp3) is 0.750. The van der Waals surface area contributed by atoms with Crippen LogP contribution >= 0.6 is 0 Å². The molecule has 0 heterocycles. The van der Waals surface area contributed by atoms with E-state index in [0.29, 0.717) is 17.0 Å². The van der Waals surface area contributed by atoms with Gasteiger partial charge in [-0.3, -0.25) is 0 Å². The number of halogens is 2. The number of rotatable bonds is 9. The van der Waals surface area contributed by atoms with Gasteiger partial charge in [0.1, 0.15) is 0 Å². The second-order valence-electron chi connectivity index (χ2n) is 11.9. The molecule has 0 aliphatic heterocycles. The Bertz CT molecular complexity index is 780. The molecule has 0 bridgehead atoms. The summed E-state index contributed by atoms with van der Waals surface area (Å²) < 4.78 is 30.4. The molecule has 2 fully saturated rings. The Morgan fingerprint density at radius 2 is 1.29 bits per heavy atom. The Morgan fingerprint density at radius 1 is 0.647 bits per heavy atom. The van der Waals surface area contributed by atoms with E-state index in [9.17, 15) is 0 Å². The first-order chi connectivity index (χ1) is 16.6. The van der Waals surface area contributed by atoms with Crippen LogP contribution in [0, 0.1) is 35.3 Å². The molecule has 190 valence electrons. The zero-order valence-electron chi connectivity index (χ0n) is 21.8. The minimum absolute atomic E-state index is 0.0328. The topological polar surface area (TPSA) is 0 Å². The minimum atomic E-state index is -0.575. The van der Waals surface area contributed by atoms with E-state index in [4.69, 9.17) is 0 Å². The highest BCUT2D eigenvalue weighted by Gasteiger charge is 2.31. The van der Waals surface area contributed by atoms with Crippen LogP contribution in [0.4, 0.5) is 8.78 Å². The molecule has 34 heavy (non-hydrogen) atoms. The van der Waals surface area contributed by atoms with Crippen molar-refractivity contribution in [1.29, 1.82) is 0 Å². The van der Waals surface area contributed by atoms with Gasteiger partial charge in [0.15, 0.2) is 11.6 Å². The molecule has 0 N–H and O–H groups in total. The Morgan fingerprint density at radius 3 is 1.94 bits per heavy atom. The Hall–Kier alpha value is -1.18. The highest BCUT2D eigenvalue weighted by Crippen LogP contribution is 2.43. The van der Waals surface area contributed by atoms with Gasteiger partial charge in [0, 0.05) is 5.92 Å². The van der Waals surface area contributed by atoms with Crippen molar-refractivity contribution in [1.82, 2.24) is 0 Å². The summed E-state index contributed by atoms with van der Waals surface area (Å²) in [5.74, 6) is 2.25. The summed E-state index contributed by atoms with van der Waals surface area (Å²) in [7, 11) is 0. The van der Waals surface area contributed by atoms with Crippen molar-refractivity contribution < 1.29 is 8.78 Å². The highest BCUT2D eigenvalue weighted by atomic mass is 19.2. The SMILES string of the molecule is CCCCCC1CCC(C2C=CC(c3ccc(C4CCC(CCC)CC4)c(F)c3F)CC2)CC1. The molecule has 0 amide bonds. The Kier molecular flexibility index (Phi) is 9.66. The summed E-state index contributed by atoms with van der Waals surface area (Å²) in [6, 6.07) is 3.82. The van der Waals surface area contributed by atoms with E-state index < -0.39 is 11.6 Å². The average Bonchev–Trinajstić information content (AvgIpc) is 2.87. The standard InChI is InChI=1S/C32H48F2/c1-3-5-6-8-24-9-13-25(14-10-24)26-17-19-28(20-18-26)30-22-21-29(31(33)32(30)34)27-15-11-23(7-4-2)12-16-27/h17,19,21-28H,3-16,18,20H2,1-2H3. The number of hydrogen-bond acceptors (Lipinski definition) is 0. The second-order valence-corrected chi connectivity index (χ2v) is 11.9. The van der Waals surface area contributed by atoms with Crippen LogP contribution in [0.3, 0.4) is 0 Å². The third kappa shape index (κ3) is 6.33. The molecule has 0 radical (unpaired) electrons. The lowest BCUT2D eigenvalue weighted by Crippen LogP contribution is -2.23. The van der Waals surface area contributed by atoms with Gasteiger partial charge in [0.2, 0.25) is 0 Å². The third-order valence-electron chi connectivity index (χ3n) is 9.64. The molecule has 3 aliphatic rings. The van der Waals surface area contributed by atoms with Gasteiger partial charge >= 0.3 is 0 Å². The van der Waals surface area contributed by atoms with Gasteiger partial charge < -0.3 is 0 Å². The van der Waals surface area contributed by atoms with E-state index in [1.165, 1.54) is 64.2 Å². The molecule has 2 heteroatoms. The van der Waals surface area contributed by atoms with E-state index in [1.54, 1.807) is 0 Å². The number of allylic oxidation sites excluding steroid dienone is 2. The van der Waals surface area contributed by atoms with Gasteiger partial charge in [-0.1, -0.05) is 89.5 Å². The molecule has 2 atom stereocenters. The van der Waals surface area contributed by atoms with Crippen molar-refractivity contribution in [3.05, 3.63) is 47.0 Å².